The number of thioether (sulfide) groups is 1. The van der Waals surface area contributed by atoms with Gasteiger partial charge in [-0.2, -0.15) is 11.8 Å². The molecule has 1 fully saturated rings. The van der Waals surface area contributed by atoms with E-state index in [0.29, 0.717) is 0 Å². The highest BCUT2D eigenvalue weighted by atomic mass is 127. The van der Waals surface area contributed by atoms with Gasteiger partial charge in [0.1, 0.15) is 0 Å². The number of nitrogens with one attached hydrogen (secondary N) is 2. The minimum atomic E-state index is 0. The van der Waals surface area contributed by atoms with Crippen LogP contribution in [0.4, 0.5) is 0 Å². The van der Waals surface area contributed by atoms with Crippen LogP contribution in [0, 0.1) is 0 Å². The Morgan fingerprint density at radius 1 is 1.26 bits per heavy atom. The fraction of sp³-hybridized carbons (Fsp3) is 0.588. The normalized spacial score (nSPS) is 17.9. The second-order valence-corrected chi connectivity index (χ2v) is 7.36. The van der Waals surface area contributed by atoms with Crippen molar-refractivity contribution >= 4 is 41.7 Å². The smallest absolute Gasteiger partial charge is 0.191 e. The molecule has 23 heavy (non-hydrogen) atoms. The van der Waals surface area contributed by atoms with Crippen LogP contribution in [-0.2, 0) is 13.1 Å². The third-order valence-electron chi connectivity index (χ3n) is 3.80. The van der Waals surface area contributed by atoms with Gasteiger partial charge in [-0.15, -0.1) is 24.0 Å². The van der Waals surface area contributed by atoms with E-state index in [-0.39, 0.29) is 24.0 Å². The molecular weight excluding hydrogens is 419 g/mol. The molecular formula is C17H29IN4S. The van der Waals surface area contributed by atoms with Crippen LogP contribution in [-0.4, -0.2) is 49.6 Å². The molecule has 1 aliphatic rings. The van der Waals surface area contributed by atoms with Crippen LogP contribution >= 0.6 is 35.7 Å². The van der Waals surface area contributed by atoms with Crippen molar-refractivity contribution in [1.29, 1.82) is 0 Å². The molecule has 1 aromatic rings. The number of hydrogen-bond acceptors (Lipinski definition) is 3. The predicted molar refractivity (Wildman–Crippen MR) is 113 cm³/mol. The van der Waals surface area contributed by atoms with Crippen LogP contribution in [0.15, 0.2) is 29.3 Å². The van der Waals surface area contributed by atoms with E-state index in [4.69, 9.17) is 0 Å². The van der Waals surface area contributed by atoms with Crippen molar-refractivity contribution in [2.24, 2.45) is 4.99 Å². The summed E-state index contributed by atoms with van der Waals surface area (Å²) in [5.74, 6) is 2.20. The third-order valence-corrected chi connectivity index (χ3v) is 5.19. The zero-order valence-corrected chi connectivity index (χ0v) is 17.5. The molecule has 4 nitrogen and oxygen atoms in total. The molecule has 2 N–H and O–H groups in total. The van der Waals surface area contributed by atoms with Gasteiger partial charge in [0.05, 0.1) is 0 Å². The zero-order valence-electron chi connectivity index (χ0n) is 14.3. The Kier molecular flexibility index (Phi) is 9.97. The number of nitrogens with zero attached hydrogens (tertiary/aromatic N) is 2. The molecule has 1 heterocycles. The standard InChI is InChI=1S/C17H28N4S.HI/c1-18-17(20-12-16-9-6-10-22-16)19-11-14-7-4-5-8-15(14)13-21(2)3;/h4-5,7-8,16H,6,9-13H2,1-3H3,(H2,18,19,20);1H. The van der Waals surface area contributed by atoms with E-state index in [9.17, 15) is 0 Å². The van der Waals surface area contributed by atoms with Crippen molar-refractivity contribution in [3.63, 3.8) is 0 Å². The number of guanidine groups is 1. The van der Waals surface area contributed by atoms with Gasteiger partial charge in [0.15, 0.2) is 5.96 Å². The summed E-state index contributed by atoms with van der Waals surface area (Å²) in [4.78, 5) is 6.53. The molecule has 1 aliphatic heterocycles. The Hall–Kier alpha value is -0.470. The molecule has 1 atom stereocenters. The van der Waals surface area contributed by atoms with Gasteiger partial charge in [-0.1, -0.05) is 24.3 Å². The first-order valence-electron chi connectivity index (χ1n) is 7.96. The van der Waals surface area contributed by atoms with E-state index in [0.717, 1.165) is 30.8 Å². The van der Waals surface area contributed by atoms with Gasteiger partial charge in [-0.25, -0.2) is 0 Å². The minimum Gasteiger partial charge on any atom is -0.355 e. The summed E-state index contributed by atoms with van der Waals surface area (Å²) in [6.45, 7) is 2.77. The molecule has 1 aromatic carbocycles. The van der Waals surface area contributed by atoms with E-state index < -0.39 is 0 Å². The van der Waals surface area contributed by atoms with Crippen molar-refractivity contribution in [2.45, 2.75) is 31.2 Å². The van der Waals surface area contributed by atoms with Crippen LogP contribution in [0.1, 0.15) is 24.0 Å². The lowest BCUT2D eigenvalue weighted by Crippen LogP contribution is -2.39. The van der Waals surface area contributed by atoms with Crippen LogP contribution in [0.2, 0.25) is 0 Å². The van der Waals surface area contributed by atoms with Gasteiger partial charge in [0.2, 0.25) is 0 Å². The average molecular weight is 448 g/mol. The van der Waals surface area contributed by atoms with E-state index in [1.165, 1.54) is 29.7 Å². The van der Waals surface area contributed by atoms with Crippen LogP contribution in [0.25, 0.3) is 0 Å². The van der Waals surface area contributed by atoms with E-state index >= 15 is 0 Å². The molecule has 0 saturated carbocycles. The molecule has 0 aliphatic carbocycles. The molecule has 1 saturated heterocycles. The zero-order chi connectivity index (χ0) is 15.8. The number of halogens is 1. The number of rotatable bonds is 6. The predicted octanol–water partition coefficient (Wildman–Crippen LogP) is 2.93. The molecule has 0 aromatic heterocycles. The maximum absolute atomic E-state index is 4.33. The molecule has 1 unspecified atom stereocenters. The Labute approximate surface area is 161 Å². The van der Waals surface area contributed by atoms with Crippen molar-refractivity contribution in [1.82, 2.24) is 15.5 Å². The highest BCUT2D eigenvalue weighted by Crippen LogP contribution is 2.25. The van der Waals surface area contributed by atoms with E-state index in [1.807, 2.05) is 7.05 Å². The molecule has 2 rings (SSSR count). The summed E-state index contributed by atoms with van der Waals surface area (Å²) >= 11 is 2.07. The lowest BCUT2D eigenvalue weighted by molar-refractivity contribution is 0.400. The van der Waals surface area contributed by atoms with Gasteiger partial charge in [-0.3, -0.25) is 4.99 Å². The monoisotopic (exact) mass is 448 g/mol. The molecule has 0 spiro atoms. The summed E-state index contributed by atoms with van der Waals surface area (Å²) < 4.78 is 0. The molecule has 6 heteroatoms. The maximum atomic E-state index is 4.33. The van der Waals surface area contributed by atoms with Crippen LogP contribution < -0.4 is 10.6 Å². The molecule has 0 radical (unpaired) electrons. The highest BCUT2D eigenvalue weighted by Gasteiger charge is 2.15. The first kappa shape index (κ1) is 20.6. The quantitative estimate of drug-likeness (QED) is 0.399. The van der Waals surface area contributed by atoms with Crippen LogP contribution in [0.5, 0.6) is 0 Å². The number of aliphatic imine (C=N–C) groups is 1. The van der Waals surface area contributed by atoms with Crippen molar-refractivity contribution in [3.8, 4) is 0 Å². The van der Waals surface area contributed by atoms with Crippen molar-refractivity contribution in [2.75, 3.05) is 33.4 Å². The Morgan fingerprint density at radius 2 is 2.00 bits per heavy atom. The summed E-state index contributed by atoms with van der Waals surface area (Å²) in [5, 5.41) is 7.62. The van der Waals surface area contributed by atoms with E-state index in [1.54, 1.807) is 0 Å². The second-order valence-electron chi connectivity index (χ2n) is 5.95. The van der Waals surface area contributed by atoms with Gasteiger partial charge in [-0.05, 0) is 43.8 Å². The highest BCUT2D eigenvalue weighted by molar-refractivity contribution is 14.0. The largest absolute Gasteiger partial charge is 0.355 e. The van der Waals surface area contributed by atoms with Gasteiger partial charge in [0.25, 0.3) is 0 Å². The minimum absolute atomic E-state index is 0. The summed E-state index contributed by atoms with van der Waals surface area (Å²) in [7, 11) is 6.04. The lowest BCUT2D eigenvalue weighted by atomic mass is 10.1. The Morgan fingerprint density at radius 3 is 2.61 bits per heavy atom. The van der Waals surface area contributed by atoms with Gasteiger partial charge in [0, 0.05) is 31.9 Å². The fourth-order valence-electron chi connectivity index (χ4n) is 2.64. The lowest BCUT2D eigenvalue weighted by Gasteiger charge is -2.17. The topological polar surface area (TPSA) is 39.7 Å². The van der Waals surface area contributed by atoms with Crippen molar-refractivity contribution in [3.05, 3.63) is 35.4 Å². The summed E-state index contributed by atoms with van der Waals surface area (Å²) in [5.41, 5.74) is 2.69. The van der Waals surface area contributed by atoms with Gasteiger partial charge < -0.3 is 15.5 Å². The SMILES string of the molecule is CN=C(NCc1ccccc1CN(C)C)NCC1CCCS1.I. The fourth-order valence-corrected chi connectivity index (χ4v) is 3.84. The van der Waals surface area contributed by atoms with Crippen molar-refractivity contribution < 1.29 is 0 Å². The van der Waals surface area contributed by atoms with Crippen LogP contribution in [0.3, 0.4) is 0 Å². The van der Waals surface area contributed by atoms with Gasteiger partial charge >= 0.3 is 0 Å². The average Bonchev–Trinajstić information content (AvgIpc) is 3.01. The third kappa shape index (κ3) is 7.30. The van der Waals surface area contributed by atoms with E-state index in [2.05, 4.69) is 70.6 Å². The Bertz CT molecular complexity index is 487. The first-order valence-corrected chi connectivity index (χ1v) is 9.01. The molecule has 0 amide bonds. The first-order chi connectivity index (χ1) is 10.7. The number of benzene rings is 1. The maximum Gasteiger partial charge on any atom is 0.191 e. The molecule has 130 valence electrons. The Balaban J connectivity index is 0.00000264. The molecule has 0 bridgehead atoms. The summed E-state index contributed by atoms with van der Waals surface area (Å²) in [6, 6.07) is 8.59. The summed E-state index contributed by atoms with van der Waals surface area (Å²) in [6.07, 6.45) is 2.67. The second kappa shape index (κ2) is 11.1. The number of hydrogen-bond donors (Lipinski definition) is 2.